The van der Waals surface area contributed by atoms with Gasteiger partial charge in [0.05, 0.1) is 16.9 Å². The van der Waals surface area contributed by atoms with E-state index in [1.165, 1.54) is 12.8 Å². The summed E-state index contributed by atoms with van der Waals surface area (Å²) in [5, 5.41) is 4.08. The van der Waals surface area contributed by atoms with Crippen molar-refractivity contribution >= 4 is 7.12 Å². The SMILES string of the molecule is CC(C=C(F)B1OC(C)(C)C(C)(C)O1)Cc1cc(C2CC2)on1. The van der Waals surface area contributed by atoms with Gasteiger partial charge in [-0.25, -0.2) is 4.39 Å². The largest absolute Gasteiger partial charge is 0.524 e. The molecule has 2 fully saturated rings. The Hall–Kier alpha value is -1.14. The van der Waals surface area contributed by atoms with Crippen molar-refractivity contribution in [2.24, 2.45) is 5.92 Å². The van der Waals surface area contributed by atoms with Crippen LogP contribution in [0.3, 0.4) is 0 Å². The van der Waals surface area contributed by atoms with Crippen LogP contribution in [0.15, 0.2) is 22.4 Å². The van der Waals surface area contributed by atoms with Gasteiger partial charge in [0.15, 0.2) is 0 Å². The van der Waals surface area contributed by atoms with Crippen molar-refractivity contribution < 1.29 is 18.2 Å². The smallest absolute Gasteiger partial charge is 0.398 e. The molecular formula is C17H25BFNO3. The molecule has 3 rings (SSSR count). The summed E-state index contributed by atoms with van der Waals surface area (Å²) in [5.41, 5.74) is -0.561. The zero-order chi connectivity index (χ0) is 16.8. The molecule has 126 valence electrons. The summed E-state index contributed by atoms with van der Waals surface area (Å²) < 4.78 is 31.2. The molecule has 0 aromatic carbocycles. The monoisotopic (exact) mass is 321 g/mol. The fourth-order valence-electron chi connectivity index (χ4n) is 2.68. The standard InChI is InChI=1S/C17H25BFNO3/c1-11(8-13-10-14(21-20-13)12-6-7-12)9-15(19)18-22-16(2,3)17(4,5)23-18/h9-12H,6-8H2,1-5H3. The van der Waals surface area contributed by atoms with Gasteiger partial charge in [0.1, 0.15) is 11.5 Å². The Kier molecular flexibility index (Phi) is 4.17. The highest BCUT2D eigenvalue weighted by atomic mass is 19.1. The summed E-state index contributed by atoms with van der Waals surface area (Å²) in [7, 11) is -0.929. The molecule has 1 aromatic heterocycles. The molecule has 0 radical (unpaired) electrons. The van der Waals surface area contributed by atoms with Crippen LogP contribution >= 0.6 is 0 Å². The fraction of sp³-hybridized carbons (Fsp3) is 0.706. The molecule has 6 heteroatoms. The Morgan fingerprint density at radius 2 is 1.96 bits per heavy atom. The van der Waals surface area contributed by atoms with Gasteiger partial charge in [-0.1, -0.05) is 18.2 Å². The molecule has 23 heavy (non-hydrogen) atoms. The van der Waals surface area contributed by atoms with E-state index in [9.17, 15) is 4.39 Å². The lowest BCUT2D eigenvalue weighted by atomic mass is 9.85. The third kappa shape index (κ3) is 3.53. The quantitative estimate of drug-likeness (QED) is 0.762. The molecule has 2 aliphatic rings. The van der Waals surface area contributed by atoms with Crippen molar-refractivity contribution in [3.63, 3.8) is 0 Å². The summed E-state index contributed by atoms with van der Waals surface area (Å²) in [4.78, 5) is 0. The van der Waals surface area contributed by atoms with Gasteiger partial charge in [0, 0.05) is 12.0 Å². The van der Waals surface area contributed by atoms with Gasteiger partial charge in [-0.05, 0) is 52.9 Å². The highest BCUT2D eigenvalue weighted by molar-refractivity contribution is 6.53. The van der Waals surface area contributed by atoms with Crippen LogP contribution in [0.5, 0.6) is 0 Å². The summed E-state index contributed by atoms with van der Waals surface area (Å²) in [6, 6.07) is 1.99. The Labute approximate surface area is 137 Å². The van der Waals surface area contributed by atoms with Crippen LogP contribution in [-0.2, 0) is 15.7 Å². The molecule has 1 atom stereocenters. The van der Waals surface area contributed by atoms with Crippen molar-refractivity contribution in [3.05, 3.63) is 29.3 Å². The minimum absolute atomic E-state index is 0.00817. The van der Waals surface area contributed by atoms with Crippen LogP contribution in [0.2, 0.25) is 0 Å². The summed E-state index contributed by atoms with van der Waals surface area (Å²) in [6.45, 7) is 9.62. The van der Waals surface area contributed by atoms with Crippen molar-refractivity contribution in [1.29, 1.82) is 0 Å². The van der Waals surface area contributed by atoms with E-state index in [1.54, 1.807) is 6.08 Å². The number of halogens is 1. The molecule has 0 N–H and O–H groups in total. The second-order valence-electron chi connectivity index (χ2n) is 7.82. The molecular weight excluding hydrogens is 296 g/mol. The van der Waals surface area contributed by atoms with Gasteiger partial charge in [-0.15, -0.1) is 0 Å². The van der Waals surface area contributed by atoms with Crippen LogP contribution in [-0.4, -0.2) is 23.5 Å². The topological polar surface area (TPSA) is 44.5 Å². The molecule has 0 spiro atoms. The first-order valence-electron chi connectivity index (χ1n) is 8.36. The van der Waals surface area contributed by atoms with E-state index in [-0.39, 0.29) is 11.6 Å². The number of allylic oxidation sites excluding steroid dienone is 1. The van der Waals surface area contributed by atoms with Gasteiger partial charge in [0.25, 0.3) is 0 Å². The van der Waals surface area contributed by atoms with Gasteiger partial charge in [-0.3, -0.25) is 0 Å². The van der Waals surface area contributed by atoms with Crippen LogP contribution in [0.4, 0.5) is 4.39 Å². The highest BCUT2D eigenvalue weighted by Crippen LogP contribution is 2.41. The van der Waals surface area contributed by atoms with E-state index in [1.807, 2.05) is 40.7 Å². The Balaban J connectivity index is 1.61. The van der Waals surface area contributed by atoms with Crippen molar-refractivity contribution in [1.82, 2.24) is 5.16 Å². The Bertz CT molecular complexity index is 591. The molecule has 1 aliphatic carbocycles. The van der Waals surface area contributed by atoms with E-state index < -0.39 is 18.3 Å². The number of nitrogens with zero attached hydrogens (tertiary/aromatic N) is 1. The first-order chi connectivity index (χ1) is 10.7. The normalized spacial score (nSPS) is 25.0. The number of hydrogen-bond acceptors (Lipinski definition) is 4. The average molecular weight is 321 g/mol. The van der Waals surface area contributed by atoms with Gasteiger partial charge in [0.2, 0.25) is 0 Å². The number of aromatic nitrogens is 1. The summed E-state index contributed by atoms with van der Waals surface area (Å²) >= 11 is 0. The third-order valence-electron chi connectivity index (χ3n) is 5.01. The van der Waals surface area contributed by atoms with Crippen molar-refractivity contribution in [3.8, 4) is 0 Å². The predicted octanol–water partition coefficient (Wildman–Crippen LogP) is 4.22. The molecule has 4 nitrogen and oxygen atoms in total. The summed E-state index contributed by atoms with van der Waals surface area (Å²) in [6.07, 6.45) is 4.57. The second kappa shape index (κ2) is 5.74. The molecule has 1 aromatic rings. The molecule has 1 unspecified atom stereocenters. The van der Waals surface area contributed by atoms with Crippen LogP contribution < -0.4 is 0 Å². The maximum Gasteiger partial charge on any atom is 0.524 e. The van der Waals surface area contributed by atoms with E-state index >= 15 is 0 Å². The lowest BCUT2D eigenvalue weighted by molar-refractivity contribution is 0.00578. The maximum atomic E-state index is 14.5. The fourth-order valence-corrected chi connectivity index (χ4v) is 2.68. The van der Waals surface area contributed by atoms with E-state index in [0.717, 1.165) is 11.5 Å². The van der Waals surface area contributed by atoms with Crippen LogP contribution in [0, 0.1) is 5.92 Å². The van der Waals surface area contributed by atoms with Crippen LogP contribution in [0.1, 0.15) is 64.8 Å². The molecule has 1 aliphatic heterocycles. The summed E-state index contributed by atoms with van der Waals surface area (Å²) in [5.74, 6) is 1.50. The van der Waals surface area contributed by atoms with Gasteiger partial charge < -0.3 is 13.8 Å². The van der Waals surface area contributed by atoms with E-state index in [0.29, 0.717) is 12.3 Å². The molecule has 1 saturated heterocycles. The molecule has 1 saturated carbocycles. The van der Waals surface area contributed by atoms with Gasteiger partial charge >= 0.3 is 7.12 Å². The van der Waals surface area contributed by atoms with E-state index in [2.05, 4.69) is 5.16 Å². The second-order valence-corrected chi connectivity index (χ2v) is 7.82. The molecule has 0 bridgehead atoms. The first kappa shape index (κ1) is 16.7. The number of hydrogen-bond donors (Lipinski definition) is 0. The Morgan fingerprint density at radius 3 is 2.52 bits per heavy atom. The van der Waals surface area contributed by atoms with Crippen molar-refractivity contribution in [2.75, 3.05) is 0 Å². The zero-order valence-electron chi connectivity index (χ0n) is 14.6. The van der Waals surface area contributed by atoms with Gasteiger partial charge in [-0.2, -0.15) is 0 Å². The predicted molar refractivity (Wildman–Crippen MR) is 86.6 cm³/mol. The maximum absolute atomic E-state index is 14.5. The minimum Gasteiger partial charge on any atom is -0.398 e. The average Bonchev–Trinajstić information content (AvgIpc) is 3.13. The van der Waals surface area contributed by atoms with Crippen LogP contribution in [0.25, 0.3) is 0 Å². The Morgan fingerprint density at radius 1 is 1.35 bits per heavy atom. The molecule has 0 amide bonds. The zero-order valence-corrected chi connectivity index (χ0v) is 14.6. The van der Waals surface area contributed by atoms with E-state index in [4.69, 9.17) is 13.8 Å². The minimum atomic E-state index is -0.929. The lowest BCUT2D eigenvalue weighted by Gasteiger charge is -2.32. The molecule has 2 heterocycles. The van der Waals surface area contributed by atoms with Crippen molar-refractivity contribution in [2.45, 2.75) is 71.0 Å². The number of rotatable bonds is 5. The third-order valence-corrected chi connectivity index (χ3v) is 5.01. The highest BCUT2D eigenvalue weighted by Gasteiger charge is 2.53. The first-order valence-corrected chi connectivity index (χ1v) is 8.36. The lowest BCUT2D eigenvalue weighted by Crippen LogP contribution is -2.41.